The van der Waals surface area contributed by atoms with Crippen LogP contribution >= 0.6 is 11.6 Å². The van der Waals surface area contributed by atoms with Crippen LogP contribution in [0.1, 0.15) is 10.4 Å². The lowest BCUT2D eigenvalue weighted by Gasteiger charge is -2.13. The van der Waals surface area contributed by atoms with Crippen molar-refractivity contribution in [3.8, 4) is 5.75 Å². The van der Waals surface area contributed by atoms with Gasteiger partial charge in [0.15, 0.2) is 0 Å². The molecule has 3 aromatic rings. The van der Waals surface area contributed by atoms with Crippen LogP contribution in [-0.4, -0.2) is 29.6 Å². The van der Waals surface area contributed by atoms with Crippen LogP contribution in [-0.2, 0) is 0 Å². The molecule has 4 nitrogen and oxygen atoms in total. The Morgan fingerprint density at radius 2 is 1.76 bits per heavy atom. The number of aliphatic hydroxyl groups is 1. The molecule has 0 aliphatic heterocycles. The Morgan fingerprint density at radius 3 is 2.56 bits per heavy atom. The number of para-hydroxylation sites is 1. The molecule has 0 heterocycles. The van der Waals surface area contributed by atoms with Crippen LogP contribution in [0.15, 0.2) is 66.7 Å². The molecule has 1 unspecified atom stereocenters. The number of hydrogen-bond acceptors (Lipinski definition) is 4. The minimum atomic E-state index is -0.689. The van der Waals surface area contributed by atoms with E-state index < -0.39 is 12.1 Å². The van der Waals surface area contributed by atoms with E-state index in [4.69, 9.17) is 16.3 Å². The molecule has 5 heteroatoms. The summed E-state index contributed by atoms with van der Waals surface area (Å²) in [6, 6.07) is 20.4. The van der Waals surface area contributed by atoms with Crippen molar-refractivity contribution in [1.82, 2.24) is 0 Å². The molecule has 0 aromatic heterocycles. The van der Waals surface area contributed by atoms with Crippen LogP contribution < -0.4 is 10.1 Å². The average molecular weight is 356 g/mol. The monoisotopic (exact) mass is 355 g/mol. The van der Waals surface area contributed by atoms with Gasteiger partial charge in [-0.15, -0.1) is 11.6 Å². The molecule has 0 bridgehead atoms. The number of fused-ring (bicyclic) bond motifs is 1. The fourth-order valence-corrected chi connectivity index (χ4v) is 2.60. The predicted molar refractivity (Wildman–Crippen MR) is 101 cm³/mol. The first kappa shape index (κ1) is 17.3. The predicted octanol–water partition coefficient (Wildman–Crippen LogP) is 4.07. The number of alkyl halides is 1. The molecular weight excluding hydrogens is 338 g/mol. The van der Waals surface area contributed by atoms with Crippen molar-refractivity contribution in [2.45, 2.75) is 6.10 Å². The summed E-state index contributed by atoms with van der Waals surface area (Å²) in [5, 5.41) is 14.7. The van der Waals surface area contributed by atoms with Crippen LogP contribution in [0.4, 0.5) is 5.69 Å². The fraction of sp³-hybridized carbons (Fsp3) is 0.150. The van der Waals surface area contributed by atoms with E-state index in [9.17, 15) is 9.90 Å². The summed E-state index contributed by atoms with van der Waals surface area (Å²) in [6.45, 7) is 0.254. The van der Waals surface area contributed by atoms with Crippen molar-refractivity contribution in [2.75, 3.05) is 17.7 Å². The Morgan fingerprint density at radius 1 is 1.04 bits per heavy atom. The maximum absolute atomic E-state index is 12.5. The number of esters is 1. The Bertz CT molecular complexity index is 881. The van der Waals surface area contributed by atoms with Crippen molar-refractivity contribution < 1.29 is 14.6 Å². The number of hydrogen-bond donors (Lipinski definition) is 2. The number of carbonyl (C=O) groups is 1. The normalized spacial score (nSPS) is 11.9. The molecule has 0 aliphatic carbocycles. The Kier molecular flexibility index (Phi) is 5.53. The Hall–Kier alpha value is -2.56. The van der Waals surface area contributed by atoms with Crippen LogP contribution in [0.2, 0.25) is 0 Å². The molecule has 1 atom stereocenters. The van der Waals surface area contributed by atoms with Gasteiger partial charge in [-0.25, -0.2) is 4.79 Å². The summed E-state index contributed by atoms with van der Waals surface area (Å²) in [6.07, 6.45) is -0.689. The van der Waals surface area contributed by atoms with E-state index in [1.165, 1.54) is 0 Å². The second kappa shape index (κ2) is 8.01. The van der Waals surface area contributed by atoms with Gasteiger partial charge in [-0.3, -0.25) is 0 Å². The molecule has 0 radical (unpaired) electrons. The first-order valence-electron chi connectivity index (χ1n) is 7.95. The van der Waals surface area contributed by atoms with Gasteiger partial charge < -0.3 is 15.2 Å². The van der Waals surface area contributed by atoms with Crippen molar-refractivity contribution in [3.63, 3.8) is 0 Å². The zero-order chi connectivity index (χ0) is 17.6. The topological polar surface area (TPSA) is 58.6 Å². The lowest BCUT2D eigenvalue weighted by molar-refractivity contribution is 0.0736. The molecule has 0 spiro atoms. The number of carbonyl (C=O) groups excluding carboxylic acids is 1. The second-order valence-electron chi connectivity index (χ2n) is 5.63. The Labute approximate surface area is 151 Å². The van der Waals surface area contributed by atoms with E-state index in [2.05, 4.69) is 5.32 Å². The maximum Gasteiger partial charge on any atom is 0.345 e. The van der Waals surface area contributed by atoms with Gasteiger partial charge in [0.25, 0.3) is 0 Å². The third-order valence-corrected chi connectivity index (χ3v) is 4.14. The summed E-state index contributed by atoms with van der Waals surface area (Å²) < 4.78 is 5.51. The van der Waals surface area contributed by atoms with Gasteiger partial charge in [0.05, 0.1) is 17.5 Å². The number of benzene rings is 3. The molecule has 2 N–H and O–H groups in total. The standard InChI is InChI=1S/C20H18ClNO3/c21-12-16(23)13-22-19-8-4-3-7-18(19)20(24)25-17-10-9-14-5-1-2-6-15(14)11-17/h1-11,16,22-23H,12-13H2. The van der Waals surface area contributed by atoms with E-state index >= 15 is 0 Å². The van der Waals surface area contributed by atoms with Crippen molar-refractivity contribution in [2.24, 2.45) is 0 Å². The average Bonchev–Trinajstić information content (AvgIpc) is 2.66. The number of halogens is 1. The van der Waals surface area contributed by atoms with Crippen LogP contribution in [0, 0.1) is 0 Å². The van der Waals surface area contributed by atoms with Crippen LogP contribution in [0.3, 0.4) is 0 Å². The van der Waals surface area contributed by atoms with E-state index in [0.717, 1.165) is 10.8 Å². The smallest absolute Gasteiger partial charge is 0.345 e. The minimum Gasteiger partial charge on any atom is -0.423 e. The zero-order valence-corrected chi connectivity index (χ0v) is 14.2. The summed E-state index contributed by atoms with van der Waals surface area (Å²) in [5.41, 5.74) is 0.995. The zero-order valence-electron chi connectivity index (χ0n) is 13.5. The molecule has 3 aromatic carbocycles. The van der Waals surface area contributed by atoms with Gasteiger partial charge in [0.1, 0.15) is 5.75 Å². The molecular formula is C20H18ClNO3. The first-order chi connectivity index (χ1) is 12.2. The van der Waals surface area contributed by atoms with Crippen molar-refractivity contribution in [3.05, 3.63) is 72.3 Å². The number of anilines is 1. The van der Waals surface area contributed by atoms with Gasteiger partial charge in [-0.2, -0.15) is 0 Å². The third kappa shape index (κ3) is 4.29. The summed E-state index contributed by atoms with van der Waals surface area (Å²) in [5.74, 6) is 0.148. The van der Waals surface area contributed by atoms with E-state index in [-0.39, 0.29) is 12.4 Å². The lowest BCUT2D eigenvalue weighted by Crippen LogP contribution is -2.22. The lowest BCUT2D eigenvalue weighted by atomic mass is 10.1. The highest BCUT2D eigenvalue weighted by molar-refractivity contribution is 6.18. The maximum atomic E-state index is 12.5. The van der Waals surface area contributed by atoms with Gasteiger partial charge in [0, 0.05) is 12.2 Å². The second-order valence-corrected chi connectivity index (χ2v) is 5.94. The van der Waals surface area contributed by atoms with E-state index in [1.807, 2.05) is 42.5 Å². The van der Waals surface area contributed by atoms with Crippen molar-refractivity contribution in [1.29, 1.82) is 0 Å². The molecule has 0 saturated carbocycles. The van der Waals surface area contributed by atoms with Gasteiger partial charge in [-0.1, -0.05) is 42.5 Å². The molecule has 128 valence electrons. The summed E-state index contributed by atoms with van der Waals surface area (Å²) in [4.78, 5) is 12.5. The highest BCUT2D eigenvalue weighted by Gasteiger charge is 2.14. The van der Waals surface area contributed by atoms with Gasteiger partial charge in [0.2, 0.25) is 0 Å². The van der Waals surface area contributed by atoms with Crippen LogP contribution in [0.5, 0.6) is 5.75 Å². The number of ether oxygens (including phenoxy) is 1. The van der Waals surface area contributed by atoms with Crippen LogP contribution in [0.25, 0.3) is 10.8 Å². The molecule has 25 heavy (non-hydrogen) atoms. The number of nitrogens with one attached hydrogen (secondary N) is 1. The highest BCUT2D eigenvalue weighted by Crippen LogP contribution is 2.23. The largest absolute Gasteiger partial charge is 0.423 e. The minimum absolute atomic E-state index is 0.122. The fourth-order valence-electron chi connectivity index (χ4n) is 2.49. The molecule has 0 saturated heterocycles. The third-order valence-electron chi connectivity index (χ3n) is 3.78. The quantitative estimate of drug-likeness (QED) is 0.397. The summed E-state index contributed by atoms with van der Waals surface area (Å²) >= 11 is 5.59. The van der Waals surface area contributed by atoms with Crippen molar-refractivity contribution >= 4 is 34.0 Å². The van der Waals surface area contributed by atoms with E-state index in [1.54, 1.807) is 24.3 Å². The molecule has 0 fully saturated rings. The van der Waals surface area contributed by atoms with Gasteiger partial charge >= 0.3 is 5.97 Å². The Balaban J connectivity index is 1.78. The van der Waals surface area contributed by atoms with E-state index in [0.29, 0.717) is 17.0 Å². The molecule has 0 amide bonds. The molecule has 0 aliphatic rings. The number of rotatable bonds is 6. The summed E-state index contributed by atoms with van der Waals surface area (Å²) in [7, 11) is 0. The first-order valence-corrected chi connectivity index (χ1v) is 8.49. The SMILES string of the molecule is O=C(Oc1ccc2ccccc2c1)c1ccccc1NCC(O)CCl. The number of aliphatic hydroxyl groups excluding tert-OH is 1. The highest BCUT2D eigenvalue weighted by atomic mass is 35.5. The van der Waals surface area contributed by atoms with Gasteiger partial charge in [-0.05, 0) is 35.0 Å². The molecule has 3 rings (SSSR count).